The largest absolute Gasteiger partial charge is 0.472 e. The molecule has 0 aromatic carbocycles. The molecule has 12 heteroatoms. The Kier molecular flexibility index (Phi) is 9.74. The summed E-state index contributed by atoms with van der Waals surface area (Å²) in [5.74, 6) is -8.04. The van der Waals surface area contributed by atoms with Gasteiger partial charge in [-0.15, -0.1) is 0 Å². The zero-order chi connectivity index (χ0) is 34.4. The molecule has 1 aromatic rings. The fraction of sp³-hybridized carbons (Fsp3) is 0.647. The van der Waals surface area contributed by atoms with Crippen LogP contribution in [0.1, 0.15) is 85.8 Å². The number of hydrogen-bond acceptors (Lipinski definition) is 12. The summed E-state index contributed by atoms with van der Waals surface area (Å²) >= 11 is 0. The van der Waals surface area contributed by atoms with Crippen molar-refractivity contribution in [3.63, 3.8) is 0 Å². The summed E-state index contributed by atoms with van der Waals surface area (Å²) in [4.78, 5) is 80.2. The molecule has 252 valence electrons. The number of Topliss-reactive ketones (excluding diaryl/α,β-unsaturated/α-hetero) is 2. The first kappa shape index (κ1) is 35.1. The number of ether oxygens (including phenoxy) is 4. The van der Waals surface area contributed by atoms with E-state index >= 15 is 0 Å². The first-order valence-corrected chi connectivity index (χ1v) is 15.6. The Bertz CT molecular complexity index is 1420. The molecule has 3 aliphatic rings. The zero-order valence-electron chi connectivity index (χ0n) is 27.6. The molecular weight excluding hydrogens is 600 g/mol. The Morgan fingerprint density at radius 1 is 1.15 bits per heavy atom. The third-order valence-corrected chi connectivity index (χ3v) is 10.5. The molecular formula is C34H44O12. The molecule has 2 saturated carbocycles. The van der Waals surface area contributed by atoms with Gasteiger partial charge in [-0.3, -0.25) is 24.0 Å². The van der Waals surface area contributed by atoms with E-state index in [-0.39, 0.29) is 24.8 Å². The van der Waals surface area contributed by atoms with Crippen LogP contribution in [-0.4, -0.2) is 65.5 Å². The van der Waals surface area contributed by atoms with E-state index in [0.717, 1.165) is 13.0 Å². The van der Waals surface area contributed by atoms with Crippen molar-refractivity contribution in [3.8, 4) is 0 Å². The number of methoxy groups -OCH3 is 1. The van der Waals surface area contributed by atoms with E-state index in [9.17, 15) is 33.9 Å². The van der Waals surface area contributed by atoms with E-state index in [1.165, 1.54) is 19.6 Å². The molecule has 0 saturated heterocycles. The highest BCUT2D eigenvalue weighted by molar-refractivity contribution is 5.98. The average molecular weight is 645 g/mol. The highest BCUT2D eigenvalue weighted by Gasteiger charge is 2.68. The normalized spacial score (nSPS) is 33.5. The van der Waals surface area contributed by atoms with Crippen LogP contribution in [0.15, 0.2) is 34.7 Å². The summed E-state index contributed by atoms with van der Waals surface area (Å²) in [6, 6.07) is 1.60. The van der Waals surface area contributed by atoms with Gasteiger partial charge in [0.15, 0.2) is 17.5 Å². The topological polar surface area (TPSA) is 173 Å². The van der Waals surface area contributed by atoms with E-state index < -0.39 is 93.9 Å². The lowest BCUT2D eigenvalue weighted by Gasteiger charge is -2.56. The van der Waals surface area contributed by atoms with Crippen LogP contribution in [0.5, 0.6) is 0 Å². The fourth-order valence-corrected chi connectivity index (χ4v) is 7.61. The van der Waals surface area contributed by atoms with Crippen molar-refractivity contribution in [2.45, 2.75) is 98.1 Å². The highest BCUT2D eigenvalue weighted by Crippen LogP contribution is 2.59. The van der Waals surface area contributed by atoms with E-state index in [2.05, 4.69) is 0 Å². The van der Waals surface area contributed by atoms with Crippen molar-refractivity contribution in [2.24, 2.45) is 34.5 Å². The van der Waals surface area contributed by atoms with Gasteiger partial charge >= 0.3 is 23.9 Å². The molecule has 46 heavy (non-hydrogen) atoms. The number of cyclic esters (lactones) is 1. The summed E-state index contributed by atoms with van der Waals surface area (Å²) in [6.07, 6.45) is -0.230. The number of aliphatic hydroxyl groups is 1. The minimum atomic E-state index is -2.69. The zero-order valence-corrected chi connectivity index (χ0v) is 27.6. The standard InChI is InChI=1S/C34H44O12/c1-9-17(2)31(40)46-29-26(27(39)18(3)21(32(29,5)6)14-24(37)42-8)30(44-19(4)35)34(41)22-15-25(38)45-28(20-11-13-43-16-20)33(22,7)12-10-23(34)36/h11,13,15-18,21,26,28-30,41H,9-10,12,14H2,1-8H3/t17?,18-,21-,26+,28+,29?,30-,33-,34+/m1/s1. The molecule has 4 rings (SSSR count). The van der Waals surface area contributed by atoms with Crippen LogP contribution in [0, 0.1) is 34.5 Å². The SMILES string of the molecule is CCC(C)C(=O)OC1[C@@H]([C@@H](OC(C)=O)[C@@]2(O)C(=O)CC[C@]3(C)C2=CC(=O)O[C@H]3c2ccoc2)C(=O)[C@H](C)[C@@H](CC(=O)OC)C1(C)C. The van der Waals surface area contributed by atoms with Crippen molar-refractivity contribution >= 4 is 35.4 Å². The second-order valence-electron chi connectivity index (χ2n) is 13.7. The Labute approximate surface area is 268 Å². The minimum absolute atomic E-state index is 0.0769. The number of esters is 4. The molecule has 1 aromatic heterocycles. The van der Waals surface area contributed by atoms with Crippen LogP contribution in [0.2, 0.25) is 0 Å². The average Bonchev–Trinajstić information content (AvgIpc) is 3.54. The van der Waals surface area contributed by atoms with Gasteiger partial charge in [-0.1, -0.05) is 41.5 Å². The Morgan fingerprint density at radius 2 is 1.83 bits per heavy atom. The number of hydrogen-bond donors (Lipinski definition) is 1. The first-order valence-electron chi connectivity index (χ1n) is 15.6. The molecule has 0 spiro atoms. The van der Waals surface area contributed by atoms with Gasteiger partial charge in [-0.25, -0.2) is 4.79 Å². The van der Waals surface area contributed by atoms with Gasteiger partial charge in [0, 0.05) is 48.2 Å². The van der Waals surface area contributed by atoms with Crippen LogP contribution in [0.3, 0.4) is 0 Å². The molecule has 0 bridgehead atoms. The number of carbonyl (C=O) groups excluding carboxylic acids is 6. The fourth-order valence-electron chi connectivity index (χ4n) is 7.61. The monoisotopic (exact) mass is 644 g/mol. The maximum absolute atomic E-state index is 14.5. The van der Waals surface area contributed by atoms with Crippen LogP contribution in [0.4, 0.5) is 0 Å². The number of rotatable bonds is 9. The Balaban J connectivity index is 1.95. The summed E-state index contributed by atoms with van der Waals surface area (Å²) in [5, 5.41) is 12.7. The number of furan rings is 1. The van der Waals surface area contributed by atoms with Crippen molar-refractivity contribution in [2.75, 3.05) is 7.11 Å². The predicted octanol–water partition coefficient (Wildman–Crippen LogP) is 3.83. The van der Waals surface area contributed by atoms with Crippen LogP contribution in [-0.2, 0) is 47.7 Å². The molecule has 1 N–H and O–H groups in total. The molecule has 2 fully saturated rings. The lowest BCUT2D eigenvalue weighted by atomic mass is 9.52. The third-order valence-electron chi connectivity index (χ3n) is 10.5. The van der Waals surface area contributed by atoms with Gasteiger partial charge in [0.25, 0.3) is 0 Å². The molecule has 9 atom stereocenters. The van der Waals surface area contributed by atoms with Crippen molar-refractivity contribution in [1.82, 2.24) is 0 Å². The van der Waals surface area contributed by atoms with Gasteiger partial charge in [-0.05, 0) is 30.4 Å². The Morgan fingerprint density at radius 3 is 2.39 bits per heavy atom. The van der Waals surface area contributed by atoms with E-state index in [0.29, 0.717) is 12.0 Å². The predicted molar refractivity (Wildman–Crippen MR) is 159 cm³/mol. The van der Waals surface area contributed by atoms with Crippen molar-refractivity contribution < 1.29 is 57.2 Å². The van der Waals surface area contributed by atoms with Crippen LogP contribution < -0.4 is 0 Å². The smallest absolute Gasteiger partial charge is 0.331 e. The summed E-state index contributed by atoms with van der Waals surface area (Å²) in [6.45, 7) is 11.3. The van der Waals surface area contributed by atoms with E-state index in [1.807, 2.05) is 0 Å². The summed E-state index contributed by atoms with van der Waals surface area (Å²) in [7, 11) is 1.23. The number of ketones is 2. The van der Waals surface area contributed by atoms with Gasteiger partial charge < -0.3 is 28.5 Å². The molecule has 2 aliphatic carbocycles. The molecule has 1 aliphatic heterocycles. The van der Waals surface area contributed by atoms with Crippen LogP contribution >= 0.6 is 0 Å². The van der Waals surface area contributed by atoms with Gasteiger partial charge in [0.1, 0.15) is 18.0 Å². The lowest BCUT2D eigenvalue weighted by Crippen LogP contribution is -2.68. The van der Waals surface area contributed by atoms with Gasteiger partial charge in [0.05, 0.1) is 31.5 Å². The van der Waals surface area contributed by atoms with Gasteiger partial charge in [-0.2, -0.15) is 0 Å². The molecule has 12 nitrogen and oxygen atoms in total. The molecule has 2 heterocycles. The van der Waals surface area contributed by atoms with E-state index in [4.69, 9.17) is 23.4 Å². The van der Waals surface area contributed by atoms with Gasteiger partial charge in [0.2, 0.25) is 0 Å². The second kappa shape index (κ2) is 12.8. The number of carbonyl (C=O) groups is 6. The van der Waals surface area contributed by atoms with Crippen LogP contribution in [0.25, 0.3) is 0 Å². The maximum Gasteiger partial charge on any atom is 0.331 e. The highest BCUT2D eigenvalue weighted by atomic mass is 16.6. The molecule has 0 radical (unpaired) electrons. The number of fused-ring (bicyclic) bond motifs is 1. The van der Waals surface area contributed by atoms with E-state index in [1.54, 1.807) is 47.6 Å². The second-order valence-corrected chi connectivity index (χ2v) is 13.7. The Hall–Kier alpha value is -3.80. The third kappa shape index (κ3) is 5.80. The first-order chi connectivity index (χ1) is 21.4. The quantitative estimate of drug-likeness (QED) is 0.305. The van der Waals surface area contributed by atoms with Crippen molar-refractivity contribution in [3.05, 3.63) is 35.8 Å². The van der Waals surface area contributed by atoms with Crippen molar-refractivity contribution in [1.29, 1.82) is 0 Å². The summed E-state index contributed by atoms with van der Waals surface area (Å²) in [5.41, 5.74) is -4.60. The molecule has 2 unspecified atom stereocenters. The molecule has 0 amide bonds. The minimum Gasteiger partial charge on any atom is -0.472 e. The summed E-state index contributed by atoms with van der Waals surface area (Å²) < 4.78 is 27.7. The maximum atomic E-state index is 14.5. The lowest BCUT2D eigenvalue weighted by molar-refractivity contribution is -0.210.